The Morgan fingerprint density at radius 3 is 2.44 bits per heavy atom. The molecule has 0 aliphatic carbocycles. The van der Waals surface area contributed by atoms with E-state index in [9.17, 15) is 4.79 Å². The number of rotatable bonds is 7. The molecule has 0 unspecified atom stereocenters. The number of likely N-dealkylation sites (tertiary alicyclic amines) is 1. The van der Waals surface area contributed by atoms with Crippen LogP contribution in [-0.4, -0.2) is 41.5 Å². The molecular formula is C22H29N3O2. The highest BCUT2D eigenvalue weighted by atomic mass is 16.5. The van der Waals surface area contributed by atoms with Gasteiger partial charge in [-0.15, -0.1) is 0 Å². The molecule has 3 rings (SSSR count). The Morgan fingerprint density at radius 1 is 1.15 bits per heavy atom. The van der Waals surface area contributed by atoms with Crippen LogP contribution in [0, 0.1) is 5.92 Å². The minimum atomic E-state index is -0.00897. The lowest BCUT2D eigenvalue weighted by atomic mass is 9.96. The molecule has 0 spiro atoms. The Balaban J connectivity index is 1.40. The first kappa shape index (κ1) is 19.4. The molecule has 0 radical (unpaired) electrons. The molecule has 2 aromatic rings. The van der Waals surface area contributed by atoms with Crippen molar-refractivity contribution < 1.29 is 9.53 Å². The zero-order valence-electron chi connectivity index (χ0n) is 16.2. The van der Waals surface area contributed by atoms with Gasteiger partial charge in [-0.2, -0.15) is 0 Å². The molecular weight excluding hydrogens is 338 g/mol. The van der Waals surface area contributed by atoms with Crippen LogP contribution in [0.4, 0.5) is 0 Å². The molecule has 0 atom stereocenters. The minimum absolute atomic E-state index is 0.00897. The third-order valence-electron chi connectivity index (χ3n) is 4.90. The van der Waals surface area contributed by atoms with E-state index in [0.29, 0.717) is 11.5 Å². The SMILES string of the molecule is CC(C)Oc1ccc(C(=O)NCC2CCN(Cc3ccncc3)CC2)cc1. The maximum atomic E-state index is 12.4. The molecule has 144 valence electrons. The molecule has 1 aromatic carbocycles. The van der Waals surface area contributed by atoms with E-state index in [2.05, 4.69) is 27.3 Å². The first-order valence-corrected chi connectivity index (χ1v) is 9.76. The number of carbonyl (C=O) groups excluding carboxylic acids is 1. The summed E-state index contributed by atoms with van der Waals surface area (Å²) < 4.78 is 5.62. The van der Waals surface area contributed by atoms with E-state index in [-0.39, 0.29) is 12.0 Å². The average Bonchev–Trinajstić information content (AvgIpc) is 2.68. The van der Waals surface area contributed by atoms with E-state index in [1.165, 1.54) is 5.56 Å². The van der Waals surface area contributed by atoms with Crippen LogP contribution in [0.2, 0.25) is 0 Å². The Kier molecular flexibility index (Phi) is 6.82. The molecule has 0 bridgehead atoms. The van der Waals surface area contributed by atoms with Crippen molar-refractivity contribution in [1.29, 1.82) is 0 Å². The molecule has 1 saturated heterocycles. The normalized spacial score (nSPS) is 15.7. The first-order chi connectivity index (χ1) is 13.1. The zero-order valence-corrected chi connectivity index (χ0v) is 16.2. The lowest BCUT2D eigenvalue weighted by Gasteiger charge is -2.32. The molecule has 5 nitrogen and oxygen atoms in total. The van der Waals surface area contributed by atoms with Crippen molar-refractivity contribution in [1.82, 2.24) is 15.2 Å². The summed E-state index contributed by atoms with van der Waals surface area (Å²) >= 11 is 0. The fourth-order valence-electron chi connectivity index (χ4n) is 3.39. The second-order valence-corrected chi connectivity index (χ2v) is 7.48. The molecule has 0 saturated carbocycles. The molecule has 2 heterocycles. The number of aromatic nitrogens is 1. The van der Waals surface area contributed by atoms with E-state index in [0.717, 1.165) is 44.8 Å². The summed E-state index contributed by atoms with van der Waals surface area (Å²) in [6.07, 6.45) is 6.06. The molecule has 1 aromatic heterocycles. The summed E-state index contributed by atoms with van der Waals surface area (Å²) in [6.45, 7) is 7.85. The zero-order chi connectivity index (χ0) is 19.1. The number of hydrogen-bond acceptors (Lipinski definition) is 4. The summed E-state index contributed by atoms with van der Waals surface area (Å²) in [6, 6.07) is 11.5. The van der Waals surface area contributed by atoms with Crippen molar-refractivity contribution in [3.8, 4) is 5.75 Å². The fourth-order valence-corrected chi connectivity index (χ4v) is 3.39. The summed E-state index contributed by atoms with van der Waals surface area (Å²) in [5, 5.41) is 3.09. The summed E-state index contributed by atoms with van der Waals surface area (Å²) in [7, 11) is 0. The Hall–Kier alpha value is -2.40. The fraction of sp³-hybridized carbons (Fsp3) is 0.455. The number of pyridine rings is 1. The van der Waals surface area contributed by atoms with Crippen LogP contribution < -0.4 is 10.1 Å². The van der Waals surface area contributed by atoms with Crippen LogP contribution in [0.5, 0.6) is 5.75 Å². The van der Waals surface area contributed by atoms with Gasteiger partial charge in [0.05, 0.1) is 6.10 Å². The lowest BCUT2D eigenvalue weighted by molar-refractivity contribution is 0.0935. The standard InChI is InChI=1S/C22H29N3O2/c1-17(2)27-21-5-3-20(4-6-21)22(26)24-15-18-9-13-25(14-10-18)16-19-7-11-23-12-8-19/h3-8,11-12,17-18H,9-10,13-16H2,1-2H3,(H,24,26). The highest BCUT2D eigenvalue weighted by Crippen LogP contribution is 2.19. The minimum Gasteiger partial charge on any atom is -0.491 e. The van der Waals surface area contributed by atoms with E-state index < -0.39 is 0 Å². The molecule has 1 aliphatic heterocycles. The van der Waals surface area contributed by atoms with Gasteiger partial charge in [0.15, 0.2) is 0 Å². The van der Waals surface area contributed by atoms with Crippen LogP contribution in [0.1, 0.15) is 42.6 Å². The molecule has 1 amide bonds. The summed E-state index contributed by atoms with van der Waals surface area (Å²) in [5.41, 5.74) is 1.99. The van der Waals surface area contributed by atoms with Crippen LogP contribution in [0.25, 0.3) is 0 Å². The number of hydrogen-bond donors (Lipinski definition) is 1. The van der Waals surface area contributed by atoms with Crippen molar-refractivity contribution in [2.24, 2.45) is 5.92 Å². The number of nitrogens with zero attached hydrogens (tertiary/aromatic N) is 2. The third-order valence-corrected chi connectivity index (χ3v) is 4.90. The Bertz CT molecular complexity index is 708. The Labute approximate surface area is 161 Å². The quantitative estimate of drug-likeness (QED) is 0.814. The van der Waals surface area contributed by atoms with Crippen LogP contribution in [0.15, 0.2) is 48.8 Å². The van der Waals surface area contributed by atoms with Gasteiger partial charge in [-0.05, 0) is 87.7 Å². The highest BCUT2D eigenvalue weighted by molar-refractivity contribution is 5.94. The van der Waals surface area contributed by atoms with E-state index in [4.69, 9.17) is 4.74 Å². The number of piperidine rings is 1. The van der Waals surface area contributed by atoms with Gasteiger partial charge in [-0.25, -0.2) is 0 Å². The molecule has 27 heavy (non-hydrogen) atoms. The van der Waals surface area contributed by atoms with Crippen molar-refractivity contribution >= 4 is 5.91 Å². The molecule has 1 N–H and O–H groups in total. The number of benzene rings is 1. The highest BCUT2D eigenvalue weighted by Gasteiger charge is 2.20. The van der Waals surface area contributed by atoms with Crippen LogP contribution in [0.3, 0.4) is 0 Å². The number of amides is 1. The topological polar surface area (TPSA) is 54.5 Å². The smallest absolute Gasteiger partial charge is 0.251 e. The van der Waals surface area contributed by atoms with Crippen molar-refractivity contribution in [2.75, 3.05) is 19.6 Å². The number of ether oxygens (including phenoxy) is 1. The second-order valence-electron chi connectivity index (χ2n) is 7.48. The third kappa shape index (κ3) is 6.07. The van der Waals surface area contributed by atoms with Gasteiger partial charge in [0.2, 0.25) is 0 Å². The van der Waals surface area contributed by atoms with Gasteiger partial charge in [0.25, 0.3) is 5.91 Å². The predicted molar refractivity (Wildman–Crippen MR) is 107 cm³/mol. The van der Waals surface area contributed by atoms with Gasteiger partial charge in [-0.3, -0.25) is 14.7 Å². The maximum absolute atomic E-state index is 12.4. The van der Waals surface area contributed by atoms with Gasteiger partial charge in [-0.1, -0.05) is 0 Å². The monoisotopic (exact) mass is 367 g/mol. The van der Waals surface area contributed by atoms with E-state index in [1.807, 2.05) is 50.5 Å². The molecule has 1 aliphatic rings. The maximum Gasteiger partial charge on any atom is 0.251 e. The van der Waals surface area contributed by atoms with Gasteiger partial charge >= 0.3 is 0 Å². The van der Waals surface area contributed by atoms with Crippen molar-refractivity contribution in [3.63, 3.8) is 0 Å². The number of carbonyl (C=O) groups is 1. The van der Waals surface area contributed by atoms with Crippen molar-refractivity contribution in [2.45, 2.75) is 39.3 Å². The van der Waals surface area contributed by atoms with Gasteiger partial charge in [0, 0.05) is 31.0 Å². The van der Waals surface area contributed by atoms with Crippen LogP contribution >= 0.6 is 0 Å². The van der Waals surface area contributed by atoms with E-state index in [1.54, 1.807) is 0 Å². The average molecular weight is 367 g/mol. The Morgan fingerprint density at radius 2 is 1.81 bits per heavy atom. The number of nitrogens with one attached hydrogen (secondary N) is 1. The molecule has 1 fully saturated rings. The summed E-state index contributed by atoms with van der Waals surface area (Å²) in [4.78, 5) is 18.9. The summed E-state index contributed by atoms with van der Waals surface area (Å²) in [5.74, 6) is 1.33. The largest absolute Gasteiger partial charge is 0.491 e. The lowest BCUT2D eigenvalue weighted by Crippen LogP contribution is -2.38. The van der Waals surface area contributed by atoms with Crippen molar-refractivity contribution in [3.05, 3.63) is 59.9 Å². The molecule has 5 heteroatoms. The van der Waals surface area contributed by atoms with Crippen LogP contribution in [-0.2, 0) is 6.54 Å². The van der Waals surface area contributed by atoms with Gasteiger partial charge < -0.3 is 10.1 Å². The predicted octanol–water partition coefficient (Wildman–Crippen LogP) is 3.51. The van der Waals surface area contributed by atoms with Gasteiger partial charge in [0.1, 0.15) is 5.75 Å². The van der Waals surface area contributed by atoms with E-state index >= 15 is 0 Å². The first-order valence-electron chi connectivity index (χ1n) is 9.76. The second kappa shape index (κ2) is 9.51.